The molecule has 1 fully saturated rings. The van der Waals surface area contributed by atoms with Gasteiger partial charge in [-0.1, -0.05) is 18.2 Å². The zero-order chi connectivity index (χ0) is 22.4. The van der Waals surface area contributed by atoms with Gasteiger partial charge in [-0.15, -0.1) is 0 Å². The average Bonchev–Trinajstić information content (AvgIpc) is 3.27. The van der Waals surface area contributed by atoms with E-state index >= 15 is 0 Å². The summed E-state index contributed by atoms with van der Waals surface area (Å²) in [4.78, 5) is 14.5. The maximum absolute atomic E-state index is 13.0. The number of morpholine rings is 1. The maximum Gasteiger partial charge on any atom is 0.264 e. The number of nitrogens with one attached hydrogen (secondary N) is 1. The minimum absolute atomic E-state index is 0.108. The number of nitrogens with zero attached hydrogens (tertiary/aromatic N) is 2. The highest BCUT2D eigenvalue weighted by molar-refractivity contribution is 7.92. The summed E-state index contributed by atoms with van der Waals surface area (Å²) in [6.45, 7) is 5.27. The average molecular weight is 460 g/mol. The summed E-state index contributed by atoms with van der Waals surface area (Å²) in [7, 11) is -3.64. The Bertz CT molecular complexity index is 1020. The molecule has 1 amide bonds. The number of ether oxygens (including phenoxy) is 2. The fourth-order valence-electron chi connectivity index (χ4n) is 3.95. The summed E-state index contributed by atoms with van der Waals surface area (Å²) in [6.07, 6.45) is 1.58. The molecule has 2 heterocycles. The molecular formula is C23H29N3O5S. The van der Waals surface area contributed by atoms with Gasteiger partial charge in [-0.2, -0.15) is 0 Å². The van der Waals surface area contributed by atoms with Crippen LogP contribution < -0.4 is 14.4 Å². The van der Waals surface area contributed by atoms with Crippen molar-refractivity contribution in [2.75, 3.05) is 56.8 Å². The van der Waals surface area contributed by atoms with Gasteiger partial charge < -0.3 is 14.8 Å². The van der Waals surface area contributed by atoms with E-state index in [1.807, 2.05) is 24.3 Å². The van der Waals surface area contributed by atoms with Crippen molar-refractivity contribution in [3.8, 4) is 5.75 Å². The Kier molecular flexibility index (Phi) is 7.29. The Morgan fingerprint density at radius 1 is 1.03 bits per heavy atom. The van der Waals surface area contributed by atoms with Crippen molar-refractivity contribution in [1.82, 2.24) is 10.2 Å². The van der Waals surface area contributed by atoms with Crippen LogP contribution in [0.1, 0.15) is 12.0 Å². The summed E-state index contributed by atoms with van der Waals surface area (Å²) >= 11 is 0. The van der Waals surface area contributed by atoms with E-state index in [4.69, 9.17) is 9.47 Å². The van der Waals surface area contributed by atoms with E-state index in [-0.39, 0.29) is 17.4 Å². The minimum Gasteiger partial charge on any atom is -0.484 e. The van der Waals surface area contributed by atoms with Crippen LogP contribution in [-0.4, -0.2) is 71.8 Å². The predicted molar refractivity (Wildman–Crippen MR) is 122 cm³/mol. The molecule has 0 bridgehead atoms. The smallest absolute Gasteiger partial charge is 0.264 e. The van der Waals surface area contributed by atoms with E-state index in [0.29, 0.717) is 25.3 Å². The van der Waals surface area contributed by atoms with E-state index in [1.165, 1.54) is 16.4 Å². The van der Waals surface area contributed by atoms with Crippen molar-refractivity contribution in [2.45, 2.75) is 17.7 Å². The highest BCUT2D eigenvalue weighted by Crippen LogP contribution is 2.32. The first kappa shape index (κ1) is 22.6. The number of rotatable bonds is 9. The largest absolute Gasteiger partial charge is 0.484 e. The second-order valence-electron chi connectivity index (χ2n) is 7.87. The monoisotopic (exact) mass is 459 g/mol. The lowest BCUT2D eigenvalue weighted by Crippen LogP contribution is -2.38. The lowest BCUT2D eigenvalue weighted by molar-refractivity contribution is -0.123. The molecule has 0 radical (unpaired) electrons. The summed E-state index contributed by atoms with van der Waals surface area (Å²) < 4.78 is 38.4. The third-order valence-corrected chi connectivity index (χ3v) is 7.53. The van der Waals surface area contributed by atoms with Crippen LogP contribution >= 0.6 is 0 Å². The first-order valence-electron chi connectivity index (χ1n) is 10.9. The second kappa shape index (κ2) is 10.3. The van der Waals surface area contributed by atoms with Crippen molar-refractivity contribution in [1.29, 1.82) is 0 Å². The van der Waals surface area contributed by atoms with Crippen molar-refractivity contribution < 1.29 is 22.7 Å². The number of hydrogen-bond acceptors (Lipinski definition) is 6. The van der Waals surface area contributed by atoms with Gasteiger partial charge in [-0.25, -0.2) is 8.42 Å². The fourth-order valence-corrected chi connectivity index (χ4v) is 5.45. The molecule has 2 aromatic rings. The number of carbonyl (C=O) groups excluding carboxylic acids is 1. The van der Waals surface area contributed by atoms with Crippen LogP contribution in [0.2, 0.25) is 0 Å². The molecule has 32 heavy (non-hydrogen) atoms. The highest BCUT2D eigenvalue weighted by atomic mass is 32.2. The van der Waals surface area contributed by atoms with Gasteiger partial charge in [0.1, 0.15) is 5.75 Å². The summed E-state index contributed by atoms with van der Waals surface area (Å²) in [5, 5.41) is 2.85. The van der Waals surface area contributed by atoms with E-state index in [1.54, 1.807) is 12.1 Å². The number of sulfonamides is 1. The molecule has 0 saturated carbocycles. The second-order valence-corrected chi connectivity index (χ2v) is 9.74. The zero-order valence-electron chi connectivity index (χ0n) is 18.0. The molecule has 0 unspecified atom stereocenters. The highest BCUT2D eigenvalue weighted by Gasteiger charge is 2.30. The predicted octanol–water partition coefficient (Wildman–Crippen LogP) is 1.66. The van der Waals surface area contributed by atoms with E-state index in [9.17, 15) is 13.2 Å². The molecule has 0 aliphatic carbocycles. The third kappa shape index (κ3) is 5.40. The molecule has 0 aromatic heterocycles. The standard InChI is InChI=1S/C23H29N3O5S/c27-23(24-11-3-12-25-14-16-30-17-15-25)18-31-20-6-8-21(9-7-20)32(28,29)26-13-10-19-4-1-2-5-22(19)26/h1-2,4-9H,3,10-18H2,(H,24,27). The maximum atomic E-state index is 13.0. The Morgan fingerprint density at radius 3 is 2.56 bits per heavy atom. The van der Waals surface area contributed by atoms with Crippen LogP contribution in [0.5, 0.6) is 5.75 Å². The molecule has 1 saturated heterocycles. The molecule has 172 valence electrons. The number of benzene rings is 2. The molecule has 8 nitrogen and oxygen atoms in total. The van der Waals surface area contributed by atoms with Crippen molar-refractivity contribution in [3.63, 3.8) is 0 Å². The number of hydrogen-bond donors (Lipinski definition) is 1. The summed E-state index contributed by atoms with van der Waals surface area (Å²) in [6, 6.07) is 13.8. The first-order chi connectivity index (χ1) is 15.5. The number of carbonyl (C=O) groups is 1. The molecule has 1 N–H and O–H groups in total. The van der Waals surface area contributed by atoms with Crippen LogP contribution in [0.25, 0.3) is 0 Å². The molecule has 2 aliphatic heterocycles. The first-order valence-corrected chi connectivity index (χ1v) is 12.4. The summed E-state index contributed by atoms with van der Waals surface area (Å²) in [5.74, 6) is 0.256. The van der Waals surface area contributed by atoms with Gasteiger partial charge in [-0.05, 0) is 55.3 Å². The Morgan fingerprint density at radius 2 is 1.78 bits per heavy atom. The van der Waals surface area contributed by atoms with Gasteiger partial charge in [0.25, 0.3) is 15.9 Å². The van der Waals surface area contributed by atoms with Crippen LogP contribution in [-0.2, 0) is 26.0 Å². The molecule has 9 heteroatoms. The topological polar surface area (TPSA) is 88.2 Å². The number of anilines is 1. The molecule has 2 aliphatic rings. The van der Waals surface area contributed by atoms with E-state index < -0.39 is 10.0 Å². The SMILES string of the molecule is O=C(COc1ccc(S(=O)(=O)N2CCc3ccccc32)cc1)NCCCN1CCOCC1. The lowest BCUT2D eigenvalue weighted by atomic mass is 10.2. The Balaban J connectivity index is 1.23. The van der Waals surface area contributed by atoms with Crippen LogP contribution in [0.3, 0.4) is 0 Å². The minimum atomic E-state index is -3.64. The van der Waals surface area contributed by atoms with Gasteiger partial charge >= 0.3 is 0 Å². The molecule has 4 rings (SSSR count). The van der Waals surface area contributed by atoms with Crippen molar-refractivity contribution in [3.05, 3.63) is 54.1 Å². The molecule has 0 spiro atoms. The van der Waals surface area contributed by atoms with Gasteiger partial charge in [0, 0.05) is 26.2 Å². The zero-order valence-corrected chi connectivity index (χ0v) is 18.9. The third-order valence-electron chi connectivity index (χ3n) is 5.70. The number of fused-ring (bicyclic) bond motifs is 1. The lowest BCUT2D eigenvalue weighted by Gasteiger charge is -2.26. The van der Waals surface area contributed by atoms with Crippen LogP contribution in [0, 0.1) is 0 Å². The summed E-state index contributed by atoms with van der Waals surface area (Å²) in [5.41, 5.74) is 1.77. The van der Waals surface area contributed by atoms with Crippen LogP contribution in [0.15, 0.2) is 53.4 Å². The van der Waals surface area contributed by atoms with E-state index in [2.05, 4.69) is 10.2 Å². The van der Waals surface area contributed by atoms with Gasteiger partial charge in [0.15, 0.2) is 6.61 Å². The Hall–Kier alpha value is -2.62. The van der Waals surface area contributed by atoms with Crippen LogP contribution in [0.4, 0.5) is 5.69 Å². The van der Waals surface area contributed by atoms with E-state index in [0.717, 1.165) is 50.5 Å². The van der Waals surface area contributed by atoms with Crippen molar-refractivity contribution in [2.24, 2.45) is 0 Å². The molecule has 0 atom stereocenters. The van der Waals surface area contributed by atoms with Gasteiger partial charge in [0.05, 0.1) is 23.8 Å². The molecular weight excluding hydrogens is 430 g/mol. The number of para-hydroxylation sites is 1. The van der Waals surface area contributed by atoms with Crippen molar-refractivity contribution >= 4 is 21.6 Å². The van der Waals surface area contributed by atoms with Gasteiger partial charge in [0.2, 0.25) is 0 Å². The normalized spacial score (nSPS) is 16.6. The Labute approximate surface area is 189 Å². The fraction of sp³-hybridized carbons (Fsp3) is 0.435. The number of amides is 1. The van der Waals surface area contributed by atoms with Gasteiger partial charge in [-0.3, -0.25) is 14.0 Å². The molecule has 2 aromatic carbocycles. The quantitative estimate of drug-likeness (QED) is 0.574.